The number of rotatable bonds is 40. The molecule has 0 aliphatic carbocycles. The number of carbonyl (C=O) groups is 7. The molecule has 0 radical (unpaired) electrons. The molecule has 0 bridgehead atoms. The molecule has 0 saturated heterocycles. The zero-order valence-corrected chi connectivity index (χ0v) is 75.9. The molecule has 8 aromatic carbocycles. The minimum absolute atomic E-state index is 0. The maximum absolute atomic E-state index is 12.6. The van der Waals surface area contributed by atoms with Crippen molar-refractivity contribution < 1.29 is 155 Å². The van der Waals surface area contributed by atoms with E-state index in [1.807, 2.05) is 36.4 Å². The zero-order chi connectivity index (χ0) is 85.2. The van der Waals surface area contributed by atoms with Crippen LogP contribution >= 0.6 is 27.5 Å². The van der Waals surface area contributed by atoms with Crippen molar-refractivity contribution in [3.8, 4) is 56.8 Å². The Balaban J connectivity index is 0.00000145. The molecule has 8 aromatic rings. The number of hydrogen-bond donors (Lipinski definition) is 7. The van der Waals surface area contributed by atoms with Gasteiger partial charge < -0.3 is 69.6 Å². The molecule has 0 fully saturated rings. The van der Waals surface area contributed by atoms with E-state index in [9.17, 15) is 38.7 Å². The van der Waals surface area contributed by atoms with Gasteiger partial charge in [0, 0.05) is 30.7 Å². The number of aromatic carboxylic acids is 3. The van der Waals surface area contributed by atoms with E-state index in [1.165, 1.54) is 89.8 Å². The Kier molecular flexibility index (Phi) is 59.4. The number of benzene rings is 8. The molecule has 0 aliphatic rings. The molecule has 117 heavy (non-hydrogen) atoms. The Morgan fingerprint density at radius 3 is 0.880 bits per heavy atom. The van der Waals surface area contributed by atoms with Crippen LogP contribution in [0.1, 0.15) is 144 Å². The number of ether oxygens (including phenoxy) is 6. The van der Waals surface area contributed by atoms with Gasteiger partial charge in [-0.2, -0.15) is 0 Å². The van der Waals surface area contributed by atoms with Crippen molar-refractivity contribution in [3.63, 3.8) is 0 Å². The molecule has 0 saturated carbocycles. The Morgan fingerprint density at radius 1 is 0.359 bits per heavy atom. The molecule has 26 heteroatoms. The van der Waals surface area contributed by atoms with E-state index in [1.54, 1.807) is 60.7 Å². The molecule has 0 amide bonds. The van der Waals surface area contributed by atoms with Gasteiger partial charge in [0.2, 0.25) is 5.24 Å². The summed E-state index contributed by atoms with van der Waals surface area (Å²) in [5, 5.41) is 64.3. The van der Waals surface area contributed by atoms with Gasteiger partial charge in [-0.15, -0.1) is 0 Å². The second kappa shape index (κ2) is 64.2. The van der Waals surface area contributed by atoms with Crippen LogP contribution in [-0.4, -0.2) is 150 Å². The van der Waals surface area contributed by atoms with Crippen molar-refractivity contribution >= 4 is 95.1 Å². The molecule has 21 nitrogen and oxygen atoms in total. The zero-order valence-electron chi connectivity index (χ0n) is 68.4. The van der Waals surface area contributed by atoms with E-state index < -0.39 is 45.3 Å². The SMILES string of the molecule is C=CC(=O)Cl.C=CC(=O)OCCCCCCOc1ccc(C(=O)O)cc1.C=CC(=O)OCCCCCCOc1ccc(C(=O)Oc2ccc(-c3ccc([Si](C)(C)C)cc3)cc2)cc1.C[Si](C)(C)c1ccc(-c2ccc(O)cc2)cc1.O=C(O)c1ccc(O)cc1.O=C(O)c1ccc(OCCCCCCO)cc1.OCCCCCCBr.[K+].[OH-]. The van der Waals surface area contributed by atoms with Crippen molar-refractivity contribution in [2.75, 3.05) is 51.6 Å². The number of aromatic hydroxyl groups is 2. The number of alkyl halides is 1. The summed E-state index contributed by atoms with van der Waals surface area (Å²) in [5.74, 6) is -1.08. The van der Waals surface area contributed by atoms with Crippen molar-refractivity contribution in [2.24, 2.45) is 0 Å². The summed E-state index contributed by atoms with van der Waals surface area (Å²) in [4.78, 5) is 75.3. The first-order valence-electron chi connectivity index (χ1n) is 38.2. The maximum Gasteiger partial charge on any atom is 1.00 e. The molecule has 8 rings (SSSR count). The summed E-state index contributed by atoms with van der Waals surface area (Å²) in [5.41, 5.74) is 5.72. The van der Waals surface area contributed by atoms with Gasteiger partial charge in [-0.3, -0.25) is 4.79 Å². The number of carboxylic acids is 3. The molecule has 0 spiro atoms. The van der Waals surface area contributed by atoms with E-state index in [-0.39, 0.29) is 97.8 Å². The second-order valence-corrected chi connectivity index (χ2v) is 39.1. The molecule has 0 aliphatic heterocycles. The van der Waals surface area contributed by atoms with E-state index in [0.29, 0.717) is 74.0 Å². The van der Waals surface area contributed by atoms with Crippen LogP contribution < -0.4 is 80.7 Å². The maximum atomic E-state index is 12.6. The third-order valence-electron chi connectivity index (χ3n) is 16.5. The number of carbonyl (C=O) groups excluding carboxylic acids is 4. The molecular weight excluding hydrogens is 1640 g/mol. The molecule has 0 unspecified atom stereocenters. The number of aliphatic hydroxyl groups excluding tert-OH is 2. The standard InChI is InChI=1S/C31H36O5Si.C16H20O5.C15H18OSi.C13H18O4.C7H6O3.C6H13BrO.C3H3ClO.K.H2O/c1-5-30(32)35-23-9-7-6-8-22-34-27-16-12-26(13-17-27)31(33)36-28-18-10-24(11-19-28)25-14-20-29(21-15-25)37(2,3)4;1-2-15(17)21-12-6-4-3-5-11-20-14-9-7-13(8-10-14)16(18)19;1-17(2,3)15-10-6-13(7-11-15)12-4-8-14(16)9-5-12;14-9-3-1-2-4-10-17-12-7-5-11(6-8-12)13(15)16;8-6-3-1-5(2-4-6)7(9)10;7-5-3-1-2-4-6-8;1-2-3(4)5;;/h5,10-21H,1,6-9,22-23H2,2-4H3;2,7-10H,1,3-6,11-12H2,(H,18,19);4-11,16H,1-3H3;5-8,14H,1-4,9-10H2,(H,15,16);1-4,8H,(H,9,10);8H,1-6H2;2H,1H2;;1H2/q;;;;;;;+1;/p-1. The van der Waals surface area contributed by atoms with Gasteiger partial charge in [-0.1, -0.05) is 177 Å². The first-order valence-corrected chi connectivity index (χ1v) is 46.7. The van der Waals surface area contributed by atoms with Crippen LogP contribution in [0.25, 0.3) is 22.3 Å². The van der Waals surface area contributed by atoms with Gasteiger partial charge in [0.05, 0.1) is 71.4 Å². The van der Waals surface area contributed by atoms with Crippen LogP contribution in [0.5, 0.6) is 34.5 Å². The van der Waals surface area contributed by atoms with E-state index >= 15 is 0 Å². The number of aliphatic hydroxyl groups is 2. The van der Waals surface area contributed by atoms with Crippen molar-refractivity contribution in [1.82, 2.24) is 0 Å². The minimum atomic E-state index is -1.32. The van der Waals surface area contributed by atoms with Crippen LogP contribution in [0.4, 0.5) is 0 Å². The summed E-state index contributed by atoms with van der Waals surface area (Å²) in [6.45, 7) is 27.1. The first kappa shape index (κ1) is 108. The largest absolute Gasteiger partial charge is 1.00 e. The molecular formula is C91H115BrClKO21Si2. The number of allylic oxidation sites excluding steroid dienone is 1. The summed E-state index contributed by atoms with van der Waals surface area (Å²) >= 11 is 8.04. The average molecular weight is 1760 g/mol. The summed E-state index contributed by atoms with van der Waals surface area (Å²) < 4.78 is 32.1. The Bertz CT molecular complexity index is 4100. The topological polar surface area (TPSA) is 346 Å². The van der Waals surface area contributed by atoms with Crippen LogP contribution in [0.15, 0.2) is 232 Å². The summed E-state index contributed by atoms with van der Waals surface area (Å²) in [6.07, 6.45) is 19.2. The number of phenolic OH excluding ortho intramolecular Hbond substituents is 2. The Hall–Kier alpha value is -8.81. The van der Waals surface area contributed by atoms with Crippen molar-refractivity contribution in [3.05, 3.63) is 254 Å². The minimum Gasteiger partial charge on any atom is -0.870 e. The smallest absolute Gasteiger partial charge is 0.870 e. The average Bonchev–Trinajstić information content (AvgIpc) is 0.841. The predicted molar refractivity (Wildman–Crippen MR) is 468 cm³/mol. The van der Waals surface area contributed by atoms with Gasteiger partial charge >= 0.3 is 87.2 Å². The number of carboxylic acid groups (broad SMARTS) is 3. The number of esters is 3. The third-order valence-corrected chi connectivity index (χ3v) is 21.3. The number of hydrogen-bond acceptors (Lipinski definition) is 18. The second-order valence-electron chi connectivity index (χ2n) is 27.7. The molecule has 8 N–H and O–H groups in total. The van der Waals surface area contributed by atoms with Gasteiger partial charge in [-0.05, 0) is 245 Å². The van der Waals surface area contributed by atoms with Crippen LogP contribution in [0, 0.1) is 0 Å². The summed E-state index contributed by atoms with van der Waals surface area (Å²) in [6, 6.07) is 57.5. The summed E-state index contributed by atoms with van der Waals surface area (Å²) in [7, 11) is -2.53. The quantitative estimate of drug-likeness (QED) is 0.00357. The number of halogens is 2. The van der Waals surface area contributed by atoms with Crippen LogP contribution in [0.3, 0.4) is 0 Å². The van der Waals surface area contributed by atoms with Crippen LogP contribution in [-0.2, 0) is 23.9 Å². The third kappa shape index (κ3) is 51.2. The molecule has 0 aromatic heterocycles. The predicted octanol–water partition coefficient (Wildman–Crippen LogP) is 16.5. The molecule has 0 heterocycles. The van der Waals surface area contributed by atoms with E-state index in [4.69, 9.17) is 70.7 Å². The van der Waals surface area contributed by atoms with Gasteiger partial charge in [0.25, 0.3) is 0 Å². The van der Waals surface area contributed by atoms with Crippen molar-refractivity contribution in [1.29, 1.82) is 0 Å². The fourth-order valence-corrected chi connectivity index (χ4v) is 12.5. The Morgan fingerprint density at radius 2 is 0.607 bits per heavy atom. The van der Waals surface area contributed by atoms with Crippen LogP contribution in [0.2, 0.25) is 39.3 Å². The normalized spacial score (nSPS) is 10.1. The number of unbranched alkanes of at least 4 members (excludes halogenated alkanes) is 12. The molecule has 0 atom stereocenters. The molecule has 628 valence electrons. The number of phenols is 2. The van der Waals surface area contributed by atoms with E-state index in [0.717, 1.165) is 118 Å². The monoisotopic (exact) mass is 1750 g/mol. The van der Waals surface area contributed by atoms with Crippen molar-refractivity contribution in [2.45, 2.75) is 142 Å². The Labute approximate surface area is 747 Å². The van der Waals surface area contributed by atoms with Gasteiger partial charge in [0.15, 0.2) is 0 Å². The van der Waals surface area contributed by atoms with Gasteiger partial charge in [0.1, 0.15) is 34.5 Å². The fourth-order valence-electron chi connectivity index (χ4n) is 9.82. The fraction of sp³-hybridized carbons (Fsp3) is 0.330. The van der Waals surface area contributed by atoms with E-state index in [2.05, 4.69) is 123 Å². The first-order chi connectivity index (χ1) is 55.0. The van der Waals surface area contributed by atoms with Gasteiger partial charge in [-0.25, -0.2) is 28.8 Å².